The zero-order valence-corrected chi connectivity index (χ0v) is 17.8. The topological polar surface area (TPSA) is 38.3 Å². The second-order valence-corrected chi connectivity index (χ2v) is 7.90. The van der Waals surface area contributed by atoms with E-state index in [1.54, 1.807) is 0 Å². The fourth-order valence-electron chi connectivity index (χ4n) is 4.29. The van der Waals surface area contributed by atoms with Crippen LogP contribution in [0.5, 0.6) is 0 Å². The zero-order valence-electron chi connectivity index (χ0n) is 17.8. The van der Waals surface area contributed by atoms with Gasteiger partial charge in [0.05, 0.1) is 0 Å². The second-order valence-electron chi connectivity index (χ2n) is 7.90. The number of carbonyl (C=O) groups is 1. The summed E-state index contributed by atoms with van der Waals surface area (Å²) in [4.78, 5) is 12.2. The third-order valence-corrected chi connectivity index (χ3v) is 5.77. The summed E-state index contributed by atoms with van der Waals surface area (Å²) in [6.45, 7) is 4.57. The number of aryl methyl sites for hydroxylation is 2. The molecule has 3 aromatic carbocycles. The molecule has 1 aliphatic carbocycles. The normalized spacial score (nSPS) is 12.6. The fraction of sp³-hybridized carbons (Fsp3) is 0.222. The second kappa shape index (κ2) is 9.17. The Labute approximate surface area is 182 Å². The molecule has 1 N–H and O–H groups in total. The zero-order chi connectivity index (χ0) is 21.8. The van der Waals surface area contributed by atoms with Crippen LogP contribution >= 0.6 is 0 Å². The van der Waals surface area contributed by atoms with Gasteiger partial charge in [-0.1, -0.05) is 60.7 Å². The fourth-order valence-corrected chi connectivity index (χ4v) is 4.29. The number of carbonyl (C=O) groups excluding carboxylic acids is 1. The van der Waals surface area contributed by atoms with Crippen molar-refractivity contribution in [2.24, 2.45) is 0 Å². The average molecular weight is 416 g/mol. The molecule has 0 radical (unpaired) electrons. The Morgan fingerprint density at radius 1 is 1.00 bits per heavy atom. The molecule has 0 bridgehead atoms. The molecule has 4 rings (SSSR count). The molecule has 0 fully saturated rings. The molecule has 0 spiro atoms. The standard InChI is InChI=1S/C27H26FNO2/c1-18-15-20(28)16-19(2)21(18)9-7-8-14-29-27(30)31-17-26-24-12-5-3-10-22(24)23-11-4-6-13-25(23)26/h3-7,9-13,15-16,26H,8,14,17H2,1-2H3,(H,29,30). The molecular weight excluding hydrogens is 389 g/mol. The molecular formula is C27H26FNO2. The molecule has 0 atom stereocenters. The molecule has 4 heteroatoms. The van der Waals surface area contributed by atoms with Crippen molar-refractivity contribution in [3.8, 4) is 11.1 Å². The third-order valence-electron chi connectivity index (χ3n) is 5.77. The highest BCUT2D eigenvalue weighted by atomic mass is 19.1. The van der Waals surface area contributed by atoms with Gasteiger partial charge in [0.15, 0.2) is 0 Å². The molecule has 0 heterocycles. The van der Waals surface area contributed by atoms with E-state index in [0.29, 0.717) is 19.6 Å². The lowest BCUT2D eigenvalue weighted by atomic mass is 9.98. The summed E-state index contributed by atoms with van der Waals surface area (Å²) in [5.41, 5.74) is 7.64. The van der Waals surface area contributed by atoms with Gasteiger partial charge in [0, 0.05) is 12.5 Å². The smallest absolute Gasteiger partial charge is 0.407 e. The highest BCUT2D eigenvalue weighted by molar-refractivity contribution is 5.79. The van der Waals surface area contributed by atoms with Gasteiger partial charge in [-0.3, -0.25) is 0 Å². The number of fused-ring (bicyclic) bond motifs is 3. The monoisotopic (exact) mass is 415 g/mol. The lowest BCUT2D eigenvalue weighted by Gasteiger charge is -2.14. The molecule has 1 aliphatic rings. The van der Waals surface area contributed by atoms with Gasteiger partial charge in [-0.15, -0.1) is 0 Å². The average Bonchev–Trinajstić information content (AvgIpc) is 3.07. The number of halogens is 1. The maximum Gasteiger partial charge on any atom is 0.407 e. The van der Waals surface area contributed by atoms with Crippen LogP contribution in [-0.2, 0) is 4.74 Å². The summed E-state index contributed by atoms with van der Waals surface area (Å²) in [6, 6.07) is 19.6. The van der Waals surface area contributed by atoms with E-state index in [-0.39, 0.29) is 11.7 Å². The van der Waals surface area contributed by atoms with Crippen LogP contribution in [0.4, 0.5) is 9.18 Å². The summed E-state index contributed by atoms with van der Waals surface area (Å²) >= 11 is 0. The van der Waals surface area contributed by atoms with Crippen molar-refractivity contribution in [2.45, 2.75) is 26.2 Å². The first-order valence-corrected chi connectivity index (χ1v) is 10.6. The van der Waals surface area contributed by atoms with Gasteiger partial charge in [0.1, 0.15) is 12.4 Å². The van der Waals surface area contributed by atoms with E-state index >= 15 is 0 Å². The first-order chi connectivity index (χ1) is 15.0. The number of alkyl carbamates (subject to hydrolysis) is 1. The van der Waals surface area contributed by atoms with Crippen molar-refractivity contribution in [3.05, 3.63) is 100 Å². The van der Waals surface area contributed by atoms with Crippen molar-refractivity contribution < 1.29 is 13.9 Å². The van der Waals surface area contributed by atoms with E-state index in [0.717, 1.165) is 16.7 Å². The molecule has 0 saturated heterocycles. The lowest BCUT2D eigenvalue weighted by Crippen LogP contribution is -2.26. The van der Waals surface area contributed by atoms with Crippen LogP contribution < -0.4 is 5.32 Å². The van der Waals surface area contributed by atoms with Gasteiger partial charge in [-0.2, -0.15) is 0 Å². The Hall–Kier alpha value is -3.40. The van der Waals surface area contributed by atoms with Gasteiger partial charge in [0.2, 0.25) is 0 Å². The molecule has 0 unspecified atom stereocenters. The Balaban J connectivity index is 1.29. The minimum absolute atomic E-state index is 0.0578. The maximum absolute atomic E-state index is 13.4. The summed E-state index contributed by atoms with van der Waals surface area (Å²) in [6.07, 6.45) is 4.21. The molecule has 1 amide bonds. The van der Waals surface area contributed by atoms with E-state index in [1.807, 2.05) is 50.3 Å². The quantitative estimate of drug-likeness (QED) is 0.474. The predicted molar refractivity (Wildman–Crippen MR) is 123 cm³/mol. The third kappa shape index (κ3) is 4.53. The van der Waals surface area contributed by atoms with E-state index in [9.17, 15) is 9.18 Å². The van der Waals surface area contributed by atoms with Gasteiger partial charge < -0.3 is 10.1 Å². The molecule has 3 nitrogen and oxygen atoms in total. The van der Waals surface area contributed by atoms with Gasteiger partial charge in [-0.05, 0) is 71.3 Å². The van der Waals surface area contributed by atoms with Crippen molar-refractivity contribution in [3.63, 3.8) is 0 Å². The SMILES string of the molecule is Cc1cc(F)cc(C)c1C=CCCNC(=O)OCC1c2ccccc2-c2ccccc21. The predicted octanol–water partition coefficient (Wildman–Crippen LogP) is 6.38. The van der Waals surface area contributed by atoms with Crippen LogP contribution in [0.15, 0.2) is 66.7 Å². The first kappa shape index (κ1) is 20.9. The van der Waals surface area contributed by atoms with Crippen LogP contribution in [-0.4, -0.2) is 19.2 Å². The van der Waals surface area contributed by atoms with Crippen molar-refractivity contribution in [2.75, 3.05) is 13.2 Å². The van der Waals surface area contributed by atoms with Gasteiger partial charge in [0.25, 0.3) is 0 Å². The summed E-state index contributed by atoms with van der Waals surface area (Å²) < 4.78 is 18.9. The Morgan fingerprint density at radius 2 is 1.58 bits per heavy atom. The number of rotatable bonds is 6. The summed E-state index contributed by atoms with van der Waals surface area (Å²) in [7, 11) is 0. The highest BCUT2D eigenvalue weighted by Crippen LogP contribution is 2.44. The largest absolute Gasteiger partial charge is 0.449 e. The lowest BCUT2D eigenvalue weighted by molar-refractivity contribution is 0.143. The van der Waals surface area contributed by atoms with Crippen LogP contribution in [0, 0.1) is 19.7 Å². The molecule has 0 aliphatic heterocycles. The molecule has 158 valence electrons. The van der Waals surface area contributed by atoms with E-state index < -0.39 is 6.09 Å². The van der Waals surface area contributed by atoms with Gasteiger partial charge in [-0.25, -0.2) is 9.18 Å². The number of benzene rings is 3. The van der Waals surface area contributed by atoms with Crippen LogP contribution in [0.1, 0.15) is 40.2 Å². The number of hydrogen-bond donors (Lipinski definition) is 1. The van der Waals surface area contributed by atoms with E-state index in [2.05, 4.69) is 29.6 Å². The summed E-state index contributed by atoms with van der Waals surface area (Å²) in [5.74, 6) is -0.161. The van der Waals surface area contributed by atoms with E-state index in [4.69, 9.17) is 4.74 Å². The van der Waals surface area contributed by atoms with Crippen molar-refractivity contribution in [1.29, 1.82) is 0 Å². The molecule has 0 saturated carbocycles. The molecule has 0 aromatic heterocycles. The van der Waals surface area contributed by atoms with Crippen molar-refractivity contribution in [1.82, 2.24) is 5.32 Å². The van der Waals surface area contributed by atoms with Crippen LogP contribution in [0.3, 0.4) is 0 Å². The number of nitrogens with one attached hydrogen (secondary N) is 1. The summed E-state index contributed by atoms with van der Waals surface area (Å²) in [5, 5.41) is 2.81. The first-order valence-electron chi connectivity index (χ1n) is 10.6. The molecule has 3 aromatic rings. The van der Waals surface area contributed by atoms with Crippen molar-refractivity contribution >= 4 is 12.2 Å². The Bertz CT molecular complexity index is 1070. The minimum Gasteiger partial charge on any atom is -0.449 e. The minimum atomic E-state index is -0.413. The molecule has 31 heavy (non-hydrogen) atoms. The van der Waals surface area contributed by atoms with Crippen LogP contribution in [0.25, 0.3) is 17.2 Å². The Morgan fingerprint density at radius 3 is 2.19 bits per heavy atom. The van der Waals surface area contributed by atoms with Gasteiger partial charge >= 0.3 is 6.09 Å². The maximum atomic E-state index is 13.4. The number of amides is 1. The van der Waals surface area contributed by atoms with E-state index in [1.165, 1.54) is 34.4 Å². The number of ether oxygens (including phenoxy) is 1. The number of hydrogen-bond acceptors (Lipinski definition) is 2. The Kier molecular flexibility index (Phi) is 6.17. The van der Waals surface area contributed by atoms with Crippen LogP contribution in [0.2, 0.25) is 0 Å². The highest BCUT2D eigenvalue weighted by Gasteiger charge is 2.28.